The highest BCUT2D eigenvalue weighted by Crippen LogP contribution is 2.31. The fraction of sp³-hybridized carbons (Fsp3) is 0.647. The summed E-state index contributed by atoms with van der Waals surface area (Å²) < 4.78 is 6.24. The summed E-state index contributed by atoms with van der Waals surface area (Å²) >= 11 is 6.15. The molecule has 1 aliphatic rings. The first-order valence-corrected chi connectivity index (χ1v) is 8.28. The van der Waals surface area contributed by atoms with E-state index in [4.69, 9.17) is 16.3 Å². The average molecular weight is 296 g/mol. The van der Waals surface area contributed by atoms with Crippen molar-refractivity contribution in [3.05, 3.63) is 28.8 Å². The van der Waals surface area contributed by atoms with Crippen molar-refractivity contribution >= 4 is 11.6 Å². The average Bonchev–Trinajstić information content (AvgIpc) is 2.47. The van der Waals surface area contributed by atoms with Gasteiger partial charge < -0.3 is 10.1 Å². The summed E-state index contributed by atoms with van der Waals surface area (Å²) in [6.45, 7) is 5.36. The van der Waals surface area contributed by atoms with Gasteiger partial charge in [-0.1, -0.05) is 24.9 Å². The Bertz CT molecular complexity index is 415. The first kappa shape index (κ1) is 15.7. The van der Waals surface area contributed by atoms with Crippen LogP contribution in [-0.2, 0) is 0 Å². The molecule has 0 saturated heterocycles. The van der Waals surface area contributed by atoms with Gasteiger partial charge in [-0.2, -0.15) is 0 Å². The van der Waals surface area contributed by atoms with Gasteiger partial charge in [0.2, 0.25) is 0 Å². The van der Waals surface area contributed by atoms with E-state index in [1.807, 2.05) is 18.2 Å². The van der Waals surface area contributed by atoms with Crippen molar-refractivity contribution in [2.75, 3.05) is 6.54 Å². The minimum absolute atomic E-state index is 0.271. The van der Waals surface area contributed by atoms with E-state index in [1.54, 1.807) is 0 Å². The van der Waals surface area contributed by atoms with Gasteiger partial charge in [-0.25, -0.2) is 0 Å². The lowest BCUT2D eigenvalue weighted by molar-refractivity contribution is 0.152. The molecule has 0 bridgehead atoms. The normalized spacial score (nSPS) is 17.9. The molecule has 0 aromatic heterocycles. The Morgan fingerprint density at radius 2 is 2.05 bits per heavy atom. The molecule has 0 radical (unpaired) electrons. The van der Waals surface area contributed by atoms with E-state index < -0.39 is 0 Å². The largest absolute Gasteiger partial charge is 0.490 e. The van der Waals surface area contributed by atoms with Gasteiger partial charge in [0.25, 0.3) is 0 Å². The van der Waals surface area contributed by atoms with Gasteiger partial charge in [0.05, 0.1) is 6.10 Å². The van der Waals surface area contributed by atoms with Crippen molar-refractivity contribution in [3.63, 3.8) is 0 Å². The predicted octanol–water partition coefficient (Wildman–Crippen LogP) is 5.11. The number of nitrogens with one attached hydrogen (secondary N) is 1. The van der Waals surface area contributed by atoms with Crippen LogP contribution in [0.2, 0.25) is 5.02 Å². The molecule has 20 heavy (non-hydrogen) atoms. The molecule has 1 aromatic rings. The molecule has 1 unspecified atom stereocenters. The van der Waals surface area contributed by atoms with Crippen LogP contribution in [-0.4, -0.2) is 12.6 Å². The summed E-state index contributed by atoms with van der Waals surface area (Å²) in [6.07, 6.45) is 7.79. The number of hydrogen-bond donors (Lipinski definition) is 1. The van der Waals surface area contributed by atoms with Crippen LogP contribution >= 0.6 is 11.6 Å². The Labute approximate surface area is 127 Å². The summed E-state index contributed by atoms with van der Waals surface area (Å²) in [7, 11) is 0. The molecule has 112 valence electrons. The Kier molecular flexibility index (Phi) is 6.18. The fourth-order valence-corrected chi connectivity index (χ4v) is 2.98. The Morgan fingerprint density at radius 3 is 2.75 bits per heavy atom. The summed E-state index contributed by atoms with van der Waals surface area (Å²) in [5.41, 5.74) is 1.18. The Morgan fingerprint density at radius 1 is 1.30 bits per heavy atom. The zero-order valence-corrected chi connectivity index (χ0v) is 13.4. The third-order valence-electron chi connectivity index (χ3n) is 3.98. The molecule has 0 aliphatic heterocycles. The minimum atomic E-state index is 0.271. The number of hydrogen-bond acceptors (Lipinski definition) is 2. The van der Waals surface area contributed by atoms with E-state index >= 15 is 0 Å². The molecule has 2 rings (SSSR count). The molecule has 1 saturated carbocycles. The van der Waals surface area contributed by atoms with Crippen LogP contribution in [0.25, 0.3) is 0 Å². The molecule has 2 nitrogen and oxygen atoms in total. The predicted molar refractivity (Wildman–Crippen MR) is 85.7 cm³/mol. The summed E-state index contributed by atoms with van der Waals surface area (Å²) in [4.78, 5) is 0. The second kappa shape index (κ2) is 7.90. The van der Waals surface area contributed by atoms with Gasteiger partial charge in [-0.05, 0) is 63.8 Å². The van der Waals surface area contributed by atoms with Crippen LogP contribution in [0.5, 0.6) is 5.75 Å². The summed E-state index contributed by atoms with van der Waals surface area (Å²) in [6, 6.07) is 6.26. The maximum Gasteiger partial charge on any atom is 0.124 e. The SMILES string of the molecule is CCCNC(C)c1cc(Cl)ccc1OC1CCCCC1. The van der Waals surface area contributed by atoms with Gasteiger partial charge in [0.15, 0.2) is 0 Å². The molecule has 0 amide bonds. The molecule has 1 aliphatic carbocycles. The van der Waals surface area contributed by atoms with E-state index in [0.717, 1.165) is 23.7 Å². The van der Waals surface area contributed by atoms with E-state index in [0.29, 0.717) is 6.10 Å². The van der Waals surface area contributed by atoms with Gasteiger partial charge >= 0.3 is 0 Å². The Hall–Kier alpha value is -0.730. The van der Waals surface area contributed by atoms with E-state index in [2.05, 4.69) is 19.2 Å². The second-order valence-corrected chi connectivity index (χ2v) is 6.17. The molecule has 0 heterocycles. The van der Waals surface area contributed by atoms with E-state index in [1.165, 1.54) is 37.7 Å². The van der Waals surface area contributed by atoms with Gasteiger partial charge in [0.1, 0.15) is 5.75 Å². The highest BCUT2D eigenvalue weighted by molar-refractivity contribution is 6.30. The lowest BCUT2D eigenvalue weighted by Gasteiger charge is -2.26. The first-order valence-electron chi connectivity index (χ1n) is 7.90. The van der Waals surface area contributed by atoms with Gasteiger partial charge in [-0.3, -0.25) is 0 Å². The highest BCUT2D eigenvalue weighted by Gasteiger charge is 2.18. The van der Waals surface area contributed by atoms with Crippen LogP contribution in [0.15, 0.2) is 18.2 Å². The van der Waals surface area contributed by atoms with Crippen molar-refractivity contribution in [1.82, 2.24) is 5.32 Å². The van der Waals surface area contributed by atoms with Crippen molar-refractivity contribution in [3.8, 4) is 5.75 Å². The molecule has 3 heteroatoms. The topological polar surface area (TPSA) is 21.3 Å². The molecule has 1 N–H and O–H groups in total. The number of rotatable bonds is 6. The first-order chi connectivity index (χ1) is 9.70. The minimum Gasteiger partial charge on any atom is -0.490 e. The van der Waals surface area contributed by atoms with Gasteiger partial charge in [-0.15, -0.1) is 0 Å². The van der Waals surface area contributed by atoms with Crippen LogP contribution in [0, 0.1) is 0 Å². The molecule has 0 spiro atoms. The summed E-state index contributed by atoms with van der Waals surface area (Å²) in [5.74, 6) is 0.998. The van der Waals surface area contributed by atoms with Crippen molar-refractivity contribution in [2.45, 2.75) is 64.5 Å². The monoisotopic (exact) mass is 295 g/mol. The van der Waals surface area contributed by atoms with Crippen LogP contribution in [0.1, 0.15) is 64.0 Å². The molecular weight excluding hydrogens is 270 g/mol. The fourth-order valence-electron chi connectivity index (χ4n) is 2.80. The lowest BCUT2D eigenvalue weighted by atomic mass is 9.97. The zero-order chi connectivity index (χ0) is 14.4. The molecule has 1 aromatic carbocycles. The van der Waals surface area contributed by atoms with E-state index in [-0.39, 0.29) is 6.04 Å². The zero-order valence-electron chi connectivity index (χ0n) is 12.6. The lowest BCUT2D eigenvalue weighted by Crippen LogP contribution is -2.23. The third kappa shape index (κ3) is 4.39. The van der Waals surface area contributed by atoms with Crippen LogP contribution < -0.4 is 10.1 Å². The Balaban J connectivity index is 2.09. The van der Waals surface area contributed by atoms with Crippen LogP contribution in [0.4, 0.5) is 0 Å². The number of ether oxygens (including phenoxy) is 1. The summed E-state index contributed by atoms with van der Waals surface area (Å²) in [5, 5.41) is 4.29. The maximum atomic E-state index is 6.24. The van der Waals surface area contributed by atoms with Crippen molar-refractivity contribution in [2.24, 2.45) is 0 Å². The molecule has 1 atom stereocenters. The van der Waals surface area contributed by atoms with Crippen molar-refractivity contribution in [1.29, 1.82) is 0 Å². The third-order valence-corrected chi connectivity index (χ3v) is 4.22. The smallest absolute Gasteiger partial charge is 0.124 e. The second-order valence-electron chi connectivity index (χ2n) is 5.74. The molecule has 1 fully saturated rings. The highest BCUT2D eigenvalue weighted by atomic mass is 35.5. The molecular formula is C17H26ClNO. The van der Waals surface area contributed by atoms with Gasteiger partial charge in [0, 0.05) is 16.6 Å². The van der Waals surface area contributed by atoms with E-state index in [9.17, 15) is 0 Å². The maximum absolute atomic E-state index is 6.24. The van der Waals surface area contributed by atoms with Crippen LogP contribution in [0.3, 0.4) is 0 Å². The quantitative estimate of drug-likeness (QED) is 0.787. The van der Waals surface area contributed by atoms with Crippen molar-refractivity contribution < 1.29 is 4.74 Å². The number of halogens is 1. The number of benzene rings is 1. The standard InChI is InChI=1S/C17H26ClNO/c1-3-11-19-13(2)16-12-14(18)9-10-17(16)20-15-7-5-4-6-8-15/h9-10,12-13,15,19H,3-8,11H2,1-2H3.